The van der Waals surface area contributed by atoms with Crippen molar-refractivity contribution in [3.05, 3.63) is 33.8 Å². The van der Waals surface area contributed by atoms with Crippen LogP contribution in [0.4, 0.5) is 0 Å². The van der Waals surface area contributed by atoms with Crippen LogP contribution in [0.25, 0.3) is 0 Å². The summed E-state index contributed by atoms with van der Waals surface area (Å²) in [4.78, 5) is 11.3. The number of hydrogen-bond donors (Lipinski definition) is 1. The number of esters is 1. The van der Waals surface area contributed by atoms with E-state index in [2.05, 4.69) is 39.4 Å². The first kappa shape index (κ1) is 14.5. The number of hydrogen-bond acceptors (Lipinski definition) is 3. The van der Waals surface area contributed by atoms with Crippen molar-refractivity contribution in [1.82, 2.24) is 5.32 Å². The molecule has 0 fully saturated rings. The molecule has 0 saturated heterocycles. The summed E-state index contributed by atoms with van der Waals surface area (Å²) in [5, 5.41) is 3.45. The highest BCUT2D eigenvalue weighted by Gasteiger charge is 2.18. The van der Waals surface area contributed by atoms with E-state index in [1.165, 1.54) is 11.1 Å². The van der Waals surface area contributed by atoms with Crippen molar-refractivity contribution in [2.45, 2.75) is 38.6 Å². The monoisotopic (exact) mass is 325 g/mol. The molecule has 1 aliphatic carbocycles. The summed E-state index contributed by atoms with van der Waals surface area (Å²) in [5.41, 5.74) is 2.86. The summed E-state index contributed by atoms with van der Waals surface area (Å²) in [6.07, 6.45) is 3.74. The molecule has 0 aromatic heterocycles. The lowest BCUT2D eigenvalue weighted by atomic mass is 9.88. The Morgan fingerprint density at radius 3 is 3.11 bits per heavy atom. The van der Waals surface area contributed by atoms with E-state index in [9.17, 15) is 4.79 Å². The summed E-state index contributed by atoms with van der Waals surface area (Å²) in [5.74, 6) is -0.116. The fraction of sp³-hybridized carbons (Fsp3) is 0.533. The first-order valence-corrected chi connectivity index (χ1v) is 7.64. The topological polar surface area (TPSA) is 38.3 Å². The second kappa shape index (κ2) is 7.06. The quantitative estimate of drug-likeness (QED) is 0.846. The molecule has 19 heavy (non-hydrogen) atoms. The van der Waals surface area contributed by atoms with Crippen LogP contribution in [-0.4, -0.2) is 25.2 Å². The van der Waals surface area contributed by atoms with Gasteiger partial charge < -0.3 is 10.1 Å². The van der Waals surface area contributed by atoms with Gasteiger partial charge in [0.15, 0.2) is 0 Å². The molecule has 0 saturated carbocycles. The van der Waals surface area contributed by atoms with Crippen molar-refractivity contribution in [1.29, 1.82) is 0 Å². The Morgan fingerprint density at radius 1 is 1.47 bits per heavy atom. The van der Waals surface area contributed by atoms with Crippen LogP contribution in [0.5, 0.6) is 0 Å². The third-order valence-electron chi connectivity index (χ3n) is 3.46. The number of halogens is 1. The molecule has 1 atom stereocenters. The van der Waals surface area contributed by atoms with E-state index in [4.69, 9.17) is 4.74 Å². The van der Waals surface area contributed by atoms with E-state index >= 15 is 0 Å². The van der Waals surface area contributed by atoms with E-state index in [0.717, 1.165) is 23.7 Å². The van der Waals surface area contributed by atoms with Crippen LogP contribution in [0.3, 0.4) is 0 Å². The van der Waals surface area contributed by atoms with Crippen LogP contribution in [0.1, 0.15) is 30.9 Å². The fourth-order valence-corrected chi connectivity index (χ4v) is 2.92. The van der Waals surface area contributed by atoms with Crippen molar-refractivity contribution in [3.63, 3.8) is 0 Å². The summed E-state index contributed by atoms with van der Waals surface area (Å²) >= 11 is 3.51. The van der Waals surface area contributed by atoms with Crippen LogP contribution in [0, 0.1) is 0 Å². The molecular formula is C15H20BrNO2. The lowest BCUT2D eigenvalue weighted by Gasteiger charge is -2.25. The minimum atomic E-state index is -0.116. The smallest absolute Gasteiger partial charge is 0.307 e. The van der Waals surface area contributed by atoms with Crippen LogP contribution < -0.4 is 5.32 Å². The van der Waals surface area contributed by atoms with Gasteiger partial charge in [-0.1, -0.05) is 22.0 Å². The molecule has 0 spiro atoms. The molecule has 1 aromatic carbocycles. The number of fused-ring (bicyclic) bond motifs is 1. The van der Waals surface area contributed by atoms with Crippen LogP contribution in [0.15, 0.2) is 22.7 Å². The van der Waals surface area contributed by atoms with E-state index in [1.54, 1.807) is 0 Å². The maximum atomic E-state index is 11.3. The van der Waals surface area contributed by atoms with Crippen molar-refractivity contribution in [2.24, 2.45) is 0 Å². The summed E-state index contributed by atoms with van der Waals surface area (Å²) in [6, 6.07) is 6.98. The molecule has 3 nitrogen and oxygen atoms in total. The van der Waals surface area contributed by atoms with E-state index < -0.39 is 0 Å². The zero-order chi connectivity index (χ0) is 13.7. The Balaban J connectivity index is 1.79. The number of nitrogens with one attached hydrogen (secondary N) is 1. The van der Waals surface area contributed by atoms with Crippen LogP contribution >= 0.6 is 15.9 Å². The van der Waals surface area contributed by atoms with Gasteiger partial charge >= 0.3 is 5.97 Å². The van der Waals surface area contributed by atoms with Crippen LogP contribution in [-0.2, 0) is 22.4 Å². The Kier molecular flexibility index (Phi) is 5.40. The second-order valence-electron chi connectivity index (χ2n) is 4.86. The van der Waals surface area contributed by atoms with Gasteiger partial charge in [0.2, 0.25) is 0 Å². The third kappa shape index (κ3) is 4.32. The molecule has 4 heteroatoms. The number of rotatable bonds is 5. The van der Waals surface area contributed by atoms with Gasteiger partial charge in [0, 0.05) is 17.1 Å². The van der Waals surface area contributed by atoms with E-state index in [1.807, 2.05) is 6.92 Å². The van der Waals surface area contributed by atoms with Crippen molar-refractivity contribution >= 4 is 21.9 Å². The minimum Gasteiger partial charge on any atom is -0.466 e. The molecule has 1 unspecified atom stereocenters. The second-order valence-corrected chi connectivity index (χ2v) is 5.78. The first-order chi connectivity index (χ1) is 9.19. The van der Waals surface area contributed by atoms with Crippen molar-refractivity contribution < 1.29 is 9.53 Å². The Hall–Kier alpha value is -0.870. The lowest BCUT2D eigenvalue weighted by molar-refractivity contribution is -0.143. The molecule has 0 heterocycles. The number of carbonyl (C=O) groups excluding carboxylic acids is 1. The van der Waals surface area contributed by atoms with Crippen molar-refractivity contribution in [2.75, 3.05) is 13.2 Å². The van der Waals surface area contributed by atoms with Gasteiger partial charge in [-0.15, -0.1) is 0 Å². The van der Waals surface area contributed by atoms with Gasteiger partial charge in [-0.05, 0) is 49.4 Å². The molecule has 1 aliphatic rings. The molecule has 0 bridgehead atoms. The zero-order valence-corrected chi connectivity index (χ0v) is 12.8. The van der Waals surface area contributed by atoms with Gasteiger partial charge in [-0.2, -0.15) is 0 Å². The van der Waals surface area contributed by atoms with Gasteiger partial charge in [-0.3, -0.25) is 4.79 Å². The minimum absolute atomic E-state index is 0.116. The Labute approximate surface area is 122 Å². The third-order valence-corrected chi connectivity index (χ3v) is 3.96. The fourth-order valence-electron chi connectivity index (χ4n) is 2.51. The average molecular weight is 326 g/mol. The molecular weight excluding hydrogens is 306 g/mol. The number of aryl methyl sites for hydroxylation is 1. The average Bonchev–Trinajstić information content (AvgIpc) is 2.39. The summed E-state index contributed by atoms with van der Waals surface area (Å²) in [7, 11) is 0. The van der Waals surface area contributed by atoms with Crippen LogP contribution in [0.2, 0.25) is 0 Å². The highest BCUT2D eigenvalue weighted by molar-refractivity contribution is 9.10. The van der Waals surface area contributed by atoms with Gasteiger partial charge in [0.1, 0.15) is 0 Å². The number of benzene rings is 1. The van der Waals surface area contributed by atoms with Gasteiger partial charge in [0.05, 0.1) is 13.0 Å². The molecule has 104 valence electrons. The zero-order valence-electron chi connectivity index (χ0n) is 11.2. The number of carbonyl (C=O) groups is 1. The lowest BCUT2D eigenvalue weighted by Crippen LogP contribution is -2.36. The molecule has 0 radical (unpaired) electrons. The maximum Gasteiger partial charge on any atom is 0.307 e. The molecule has 1 aromatic rings. The number of ether oxygens (including phenoxy) is 1. The predicted molar refractivity (Wildman–Crippen MR) is 79.2 cm³/mol. The standard InChI is InChI=1S/C15H20BrNO2/c1-2-19-15(18)7-8-17-14-6-4-11-9-13(16)5-3-12(11)10-14/h3,5,9,14,17H,2,4,6-8,10H2,1H3. The largest absolute Gasteiger partial charge is 0.466 e. The Morgan fingerprint density at radius 2 is 2.32 bits per heavy atom. The van der Waals surface area contributed by atoms with Crippen molar-refractivity contribution in [3.8, 4) is 0 Å². The highest BCUT2D eigenvalue weighted by Crippen LogP contribution is 2.24. The molecule has 0 aliphatic heterocycles. The molecule has 0 amide bonds. The highest BCUT2D eigenvalue weighted by atomic mass is 79.9. The van der Waals surface area contributed by atoms with Gasteiger partial charge in [0.25, 0.3) is 0 Å². The predicted octanol–water partition coefficient (Wildman–Crippen LogP) is 2.85. The SMILES string of the molecule is CCOC(=O)CCNC1CCc2cc(Br)ccc2C1. The van der Waals surface area contributed by atoms with E-state index in [-0.39, 0.29) is 5.97 Å². The first-order valence-electron chi connectivity index (χ1n) is 6.85. The molecule has 1 N–H and O–H groups in total. The summed E-state index contributed by atoms with van der Waals surface area (Å²) in [6.45, 7) is 3.00. The summed E-state index contributed by atoms with van der Waals surface area (Å²) < 4.78 is 6.07. The normalized spacial score (nSPS) is 17.9. The van der Waals surface area contributed by atoms with Gasteiger partial charge in [-0.25, -0.2) is 0 Å². The van der Waals surface area contributed by atoms with E-state index in [0.29, 0.717) is 25.6 Å². The molecule has 2 rings (SSSR count). The Bertz CT molecular complexity index is 448. The maximum absolute atomic E-state index is 11.3.